The van der Waals surface area contributed by atoms with Crippen molar-refractivity contribution in [2.45, 2.75) is 56.4 Å². The predicted molar refractivity (Wildman–Crippen MR) is 88.7 cm³/mol. The van der Waals surface area contributed by atoms with Crippen molar-refractivity contribution in [3.8, 4) is 0 Å². The molecule has 3 fully saturated rings. The highest BCUT2D eigenvalue weighted by Gasteiger charge is 2.65. The number of fused-ring (bicyclic) bond motifs is 4. The van der Waals surface area contributed by atoms with E-state index in [1.54, 1.807) is 6.92 Å². The van der Waals surface area contributed by atoms with Crippen LogP contribution >= 0.6 is 0 Å². The average molecular weight is 362 g/mol. The third-order valence-corrected chi connectivity index (χ3v) is 5.61. The number of hydrogen-bond donors (Lipinski definition) is 1. The third-order valence-electron chi connectivity index (χ3n) is 5.61. The fourth-order valence-corrected chi connectivity index (χ4v) is 4.09. The van der Waals surface area contributed by atoms with E-state index in [2.05, 4.69) is 13.2 Å². The maximum absolute atomic E-state index is 12.2. The van der Waals surface area contributed by atoms with Crippen LogP contribution in [0, 0.1) is 5.92 Å². The highest BCUT2D eigenvalue weighted by Crippen LogP contribution is 2.51. The van der Waals surface area contributed by atoms with Gasteiger partial charge in [-0.2, -0.15) is 0 Å². The maximum Gasteiger partial charge on any atom is 0.334 e. The van der Waals surface area contributed by atoms with Gasteiger partial charge in [-0.15, -0.1) is 0 Å². The third kappa shape index (κ3) is 2.71. The lowest BCUT2D eigenvalue weighted by Gasteiger charge is -2.33. The summed E-state index contributed by atoms with van der Waals surface area (Å²) < 4.78 is 22.5. The lowest BCUT2D eigenvalue weighted by atomic mass is 9.81. The van der Waals surface area contributed by atoms with Crippen molar-refractivity contribution in [3.63, 3.8) is 0 Å². The van der Waals surface area contributed by atoms with E-state index in [-0.39, 0.29) is 30.3 Å². The minimum atomic E-state index is -1.13. The van der Waals surface area contributed by atoms with Crippen LogP contribution in [-0.2, 0) is 28.5 Å². The van der Waals surface area contributed by atoms with E-state index in [9.17, 15) is 14.7 Å². The van der Waals surface area contributed by atoms with Crippen LogP contribution in [0.4, 0.5) is 0 Å². The summed E-state index contributed by atoms with van der Waals surface area (Å²) in [6.45, 7) is 9.24. The maximum atomic E-state index is 12.2. The van der Waals surface area contributed by atoms with Crippen LogP contribution in [0.2, 0.25) is 0 Å². The second-order valence-electron chi connectivity index (χ2n) is 7.44. The number of carbonyl (C=O) groups is 2. The van der Waals surface area contributed by atoms with Gasteiger partial charge in [0.25, 0.3) is 0 Å². The Morgan fingerprint density at radius 3 is 2.96 bits per heavy atom. The van der Waals surface area contributed by atoms with Gasteiger partial charge in [-0.3, -0.25) is 0 Å². The molecule has 5 aliphatic rings. The van der Waals surface area contributed by atoms with E-state index in [0.29, 0.717) is 0 Å². The second-order valence-corrected chi connectivity index (χ2v) is 7.44. The number of aliphatic hydroxyl groups excluding tert-OH is 1. The Morgan fingerprint density at radius 1 is 1.46 bits per heavy atom. The minimum absolute atomic E-state index is 0.185. The molecule has 4 heterocycles. The standard InChI is InChI=1S/C19H22O7/c1-9(2)16(20)25-13-7-19-14(26-19)5-4-11(8-23-18(19)22)6-12-15(13)10(3)17(21)24-12/h6,12-15,18,22H,1,3-5,7-8H2,2H3/b11-6-/t12-,13+,14-,15+,18-,19-/m1/s1. The molecule has 0 aromatic carbocycles. The summed E-state index contributed by atoms with van der Waals surface area (Å²) in [7, 11) is 0. The molecule has 4 aliphatic heterocycles. The average Bonchev–Trinajstić information content (AvgIpc) is 3.20. The van der Waals surface area contributed by atoms with Crippen molar-refractivity contribution in [1.82, 2.24) is 0 Å². The van der Waals surface area contributed by atoms with Crippen LogP contribution in [0.5, 0.6) is 0 Å². The summed E-state index contributed by atoms with van der Waals surface area (Å²) in [5, 5.41) is 10.5. The van der Waals surface area contributed by atoms with Crippen molar-refractivity contribution in [2.75, 3.05) is 6.61 Å². The topological polar surface area (TPSA) is 94.6 Å². The quantitative estimate of drug-likeness (QED) is 0.341. The first-order valence-electron chi connectivity index (χ1n) is 8.75. The fourth-order valence-electron chi connectivity index (χ4n) is 4.09. The molecule has 1 N–H and O–H groups in total. The Balaban J connectivity index is 1.76. The predicted octanol–water partition coefficient (Wildman–Crippen LogP) is 1.17. The molecule has 5 rings (SSSR count). The van der Waals surface area contributed by atoms with E-state index >= 15 is 0 Å². The Bertz CT molecular complexity index is 723. The van der Waals surface area contributed by atoms with E-state index in [4.69, 9.17) is 18.9 Å². The zero-order valence-corrected chi connectivity index (χ0v) is 14.6. The SMILES string of the molecule is C=C(C)C(=O)O[C@H]1C[C@@]23O[C@@H]2CC/C(=C/[C@H]2OC(=O)C(=C)[C@H]12)CO[C@H]3O. The van der Waals surface area contributed by atoms with Crippen LogP contribution in [0.15, 0.2) is 36.0 Å². The van der Waals surface area contributed by atoms with Gasteiger partial charge < -0.3 is 24.1 Å². The van der Waals surface area contributed by atoms with Crippen molar-refractivity contribution in [2.24, 2.45) is 5.92 Å². The molecule has 0 radical (unpaired) electrons. The Hall–Kier alpha value is -1.96. The zero-order chi connectivity index (χ0) is 18.6. The van der Waals surface area contributed by atoms with Gasteiger partial charge in [0.1, 0.15) is 17.8 Å². The molecule has 140 valence electrons. The lowest BCUT2D eigenvalue weighted by molar-refractivity contribution is -0.163. The zero-order valence-electron chi connectivity index (χ0n) is 14.6. The molecule has 7 nitrogen and oxygen atoms in total. The van der Waals surface area contributed by atoms with Gasteiger partial charge in [0.15, 0.2) is 6.29 Å². The van der Waals surface area contributed by atoms with E-state index < -0.39 is 42.0 Å². The number of aliphatic hydroxyl groups is 1. The molecule has 1 spiro atoms. The number of carbonyl (C=O) groups excluding carboxylic acids is 2. The highest BCUT2D eigenvalue weighted by molar-refractivity contribution is 5.91. The van der Waals surface area contributed by atoms with Gasteiger partial charge in [0, 0.05) is 17.6 Å². The van der Waals surface area contributed by atoms with E-state index in [0.717, 1.165) is 18.4 Å². The summed E-state index contributed by atoms with van der Waals surface area (Å²) >= 11 is 0. The first kappa shape index (κ1) is 17.5. The van der Waals surface area contributed by atoms with E-state index in [1.807, 2.05) is 6.08 Å². The molecule has 0 unspecified atom stereocenters. The number of esters is 2. The molecular formula is C19H22O7. The molecule has 2 bridgehead atoms. The Labute approximate surface area is 151 Å². The minimum Gasteiger partial charge on any atom is -0.458 e. The van der Waals surface area contributed by atoms with Crippen molar-refractivity contribution in [1.29, 1.82) is 0 Å². The van der Waals surface area contributed by atoms with Gasteiger partial charge in [-0.25, -0.2) is 9.59 Å². The molecule has 0 amide bonds. The summed E-state index contributed by atoms with van der Waals surface area (Å²) in [6.07, 6.45) is 0.815. The smallest absolute Gasteiger partial charge is 0.334 e. The molecule has 6 atom stereocenters. The second kappa shape index (κ2) is 6.04. The molecular weight excluding hydrogens is 340 g/mol. The van der Waals surface area contributed by atoms with Gasteiger partial charge in [0.2, 0.25) is 0 Å². The first-order chi connectivity index (χ1) is 12.3. The normalized spacial score (nSPS) is 43.3. The van der Waals surface area contributed by atoms with Crippen LogP contribution in [0.3, 0.4) is 0 Å². The Morgan fingerprint density at radius 2 is 2.23 bits per heavy atom. The fraction of sp³-hybridized carbons (Fsp3) is 0.579. The van der Waals surface area contributed by atoms with Crippen molar-refractivity contribution in [3.05, 3.63) is 36.0 Å². The molecule has 0 saturated carbocycles. The van der Waals surface area contributed by atoms with Gasteiger partial charge in [-0.05, 0) is 31.4 Å². The first-order valence-corrected chi connectivity index (χ1v) is 8.75. The number of rotatable bonds is 2. The molecule has 7 heteroatoms. The largest absolute Gasteiger partial charge is 0.458 e. The summed E-state index contributed by atoms with van der Waals surface area (Å²) in [5.41, 5.74) is 0.475. The molecule has 0 aromatic rings. The van der Waals surface area contributed by atoms with E-state index in [1.165, 1.54) is 0 Å². The summed E-state index contributed by atoms with van der Waals surface area (Å²) in [6, 6.07) is 0. The van der Waals surface area contributed by atoms with Crippen LogP contribution in [0.25, 0.3) is 0 Å². The highest BCUT2D eigenvalue weighted by atomic mass is 16.7. The summed E-state index contributed by atoms with van der Waals surface area (Å²) in [5.74, 6) is -1.61. The van der Waals surface area contributed by atoms with Gasteiger partial charge >= 0.3 is 11.9 Å². The molecule has 26 heavy (non-hydrogen) atoms. The van der Waals surface area contributed by atoms with Gasteiger partial charge in [-0.1, -0.05) is 13.2 Å². The molecule has 3 saturated heterocycles. The molecule has 0 aromatic heterocycles. The van der Waals surface area contributed by atoms with Gasteiger partial charge in [0.05, 0.1) is 18.6 Å². The van der Waals surface area contributed by atoms with Crippen molar-refractivity contribution < 1.29 is 33.6 Å². The lowest BCUT2D eigenvalue weighted by Crippen LogP contribution is -2.45. The van der Waals surface area contributed by atoms with Crippen LogP contribution in [-0.4, -0.2) is 53.9 Å². The van der Waals surface area contributed by atoms with Crippen LogP contribution < -0.4 is 0 Å². The van der Waals surface area contributed by atoms with Crippen molar-refractivity contribution >= 4 is 11.9 Å². The number of epoxide rings is 1. The summed E-state index contributed by atoms with van der Waals surface area (Å²) in [4.78, 5) is 24.3. The number of ether oxygens (including phenoxy) is 4. The Kier molecular flexibility index (Phi) is 4.06. The molecule has 1 aliphatic carbocycles. The monoisotopic (exact) mass is 362 g/mol. The van der Waals surface area contributed by atoms with Crippen LogP contribution in [0.1, 0.15) is 26.2 Å². The number of hydrogen-bond acceptors (Lipinski definition) is 7.